The average molecular weight is 277 g/mol. The SMILES string of the molecule is C/C(=C\C1=C(Cl)C(=O)c2ccccc2C1=O)C(=O)O. The summed E-state index contributed by atoms with van der Waals surface area (Å²) in [6.07, 6.45) is 1.13. The lowest BCUT2D eigenvalue weighted by Gasteiger charge is -2.15. The summed E-state index contributed by atoms with van der Waals surface area (Å²) in [6, 6.07) is 6.30. The molecule has 0 unspecified atom stereocenters. The molecule has 5 heteroatoms. The van der Waals surface area contributed by atoms with E-state index >= 15 is 0 Å². The highest BCUT2D eigenvalue weighted by molar-refractivity contribution is 6.50. The number of benzene rings is 1. The molecular formula is C14H9ClO4. The molecule has 96 valence electrons. The maximum atomic E-state index is 12.2. The van der Waals surface area contributed by atoms with Crippen molar-refractivity contribution in [3.8, 4) is 0 Å². The molecule has 1 aromatic rings. The molecule has 0 saturated carbocycles. The van der Waals surface area contributed by atoms with Gasteiger partial charge in [0.05, 0.1) is 5.03 Å². The van der Waals surface area contributed by atoms with E-state index in [4.69, 9.17) is 16.7 Å². The minimum atomic E-state index is -1.17. The Hall–Kier alpha value is -2.20. The Morgan fingerprint density at radius 1 is 1.16 bits per heavy atom. The highest BCUT2D eigenvalue weighted by atomic mass is 35.5. The van der Waals surface area contributed by atoms with Crippen LogP contribution in [0.1, 0.15) is 27.6 Å². The second-order valence-corrected chi connectivity index (χ2v) is 4.44. The number of hydrogen-bond acceptors (Lipinski definition) is 3. The van der Waals surface area contributed by atoms with Crippen LogP contribution in [0.2, 0.25) is 0 Å². The first kappa shape index (κ1) is 13.2. The largest absolute Gasteiger partial charge is 0.478 e. The van der Waals surface area contributed by atoms with Gasteiger partial charge >= 0.3 is 5.97 Å². The molecule has 0 spiro atoms. The number of carboxylic acids is 1. The van der Waals surface area contributed by atoms with Crippen molar-refractivity contribution in [2.45, 2.75) is 6.92 Å². The van der Waals surface area contributed by atoms with E-state index in [9.17, 15) is 14.4 Å². The zero-order valence-corrected chi connectivity index (χ0v) is 10.7. The van der Waals surface area contributed by atoms with Gasteiger partial charge in [0.25, 0.3) is 0 Å². The Bertz CT molecular complexity index is 668. The molecule has 1 aromatic carbocycles. The van der Waals surface area contributed by atoms with E-state index in [-0.39, 0.29) is 27.3 Å². The summed E-state index contributed by atoms with van der Waals surface area (Å²) in [6.45, 7) is 1.33. The topological polar surface area (TPSA) is 71.4 Å². The van der Waals surface area contributed by atoms with E-state index in [2.05, 4.69) is 0 Å². The molecule has 0 radical (unpaired) electrons. The highest BCUT2D eigenvalue weighted by Crippen LogP contribution is 2.29. The van der Waals surface area contributed by atoms with Crippen LogP contribution in [-0.4, -0.2) is 22.6 Å². The van der Waals surface area contributed by atoms with Crippen LogP contribution in [0.25, 0.3) is 0 Å². The summed E-state index contributed by atoms with van der Waals surface area (Å²) >= 11 is 5.88. The van der Waals surface area contributed by atoms with Crippen LogP contribution in [0.5, 0.6) is 0 Å². The third-order valence-electron chi connectivity index (χ3n) is 2.79. The number of carboxylic acid groups (broad SMARTS) is 1. The standard InChI is InChI=1S/C14H9ClO4/c1-7(14(18)19)6-10-11(15)13(17)9-5-3-2-4-8(9)12(10)16/h2-6H,1H3,(H,18,19)/b7-6+. The molecule has 1 aliphatic carbocycles. The van der Waals surface area contributed by atoms with Gasteiger partial charge in [0, 0.05) is 22.3 Å². The molecule has 0 aliphatic heterocycles. The van der Waals surface area contributed by atoms with E-state index in [1.165, 1.54) is 19.1 Å². The fraction of sp³-hybridized carbons (Fsp3) is 0.0714. The second-order valence-electron chi connectivity index (χ2n) is 4.06. The number of carbonyl (C=O) groups is 3. The van der Waals surface area contributed by atoms with Gasteiger partial charge in [-0.25, -0.2) is 4.79 Å². The van der Waals surface area contributed by atoms with Crippen LogP contribution in [0.3, 0.4) is 0 Å². The van der Waals surface area contributed by atoms with Gasteiger partial charge in [0.15, 0.2) is 5.78 Å². The fourth-order valence-corrected chi connectivity index (χ4v) is 2.01. The summed E-state index contributed by atoms with van der Waals surface area (Å²) < 4.78 is 0. The number of allylic oxidation sites excluding steroid dienone is 3. The molecule has 0 amide bonds. The molecule has 0 aromatic heterocycles. The smallest absolute Gasteiger partial charge is 0.331 e. The van der Waals surface area contributed by atoms with Crippen molar-refractivity contribution in [2.75, 3.05) is 0 Å². The van der Waals surface area contributed by atoms with Crippen molar-refractivity contribution in [3.63, 3.8) is 0 Å². The summed E-state index contributed by atoms with van der Waals surface area (Å²) in [5, 5.41) is 8.57. The predicted octanol–water partition coefficient (Wildman–Crippen LogP) is 2.59. The Labute approximate surface area is 114 Å². The van der Waals surface area contributed by atoms with Gasteiger partial charge in [-0.05, 0) is 13.0 Å². The lowest BCUT2D eigenvalue weighted by molar-refractivity contribution is -0.132. The first-order chi connectivity index (χ1) is 8.93. The van der Waals surface area contributed by atoms with Crippen molar-refractivity contribution in [2.24, 2.45) is 0 Å². The molecule has 0 saturated heterocycles. The van der Waals surface area contributed by atoms with Gasteiger partial charge in [-0.2, -0.15) is 0 Å². The van der Waals surface area contributed by atoms with Gasteiger partial charge in [-0.1, -0.05) is 35.9 Å². The van der Waals surface area contributed by atoms with Crippen LogP contribution in [-0.2, 0) is 4.79 Å². The van der Waals surface area contributed by atoms with Crippen LogP contribution in [0.15, 0.2) is 46.5 Å². The van der Waals surface area contributed by atoms with Crippen molar-refractivity contribution in [1.29, 1.82) is 0 Å². The monoisotopic (exact) mass is 276 g/mol. The number of carbonyl (C=O) groups excluding carboxylic acids is 2. The van der Waals surface area contributed by atoms with Crippen molar-refractivity contribution < 1.29 is 19.5 Å². The molecule has 2 rings (SSSR count). The molecule has 0 fully saturated rings. The van der Waals surface area contributed by atoms with Crippen molar-refractivity contribution >= 4 is 29.1 Å². The van der Waals surface area contributed by atoms with Gasteiger partial charge in [0.2, 0.25) is 5.78 Å². The highest BCUT2D eigenvalue weighted by Gasteiger charge is 2.30. The molecule has 1 N–H and O–H groups in total. The summed E-state index contributed by atoms with van der Waals surface area (Å²) in [4.78, 5) is 35.0. The predicted molar refractivity (Wildman–Crippen MR) is 69.4 cm³/mol. The Kier molecular flexibility index (Phi) is 3.36. The average Bonchev–Trinajstić information content (AvgIpc) is 2.40. The maximum Gasteiger partial charge on any atom is 0.331 e. The molecule has 4 nitrogen and oxygen atoms in total. The zero-order valence-electron chi connectivity index (χ0n) is 9.94. The summed E-state index contributed by atoms with van der Waals surface area (Å²) in [7, 11) is 0. The molecule has 1 aliphatic rings. The number of rotatable bonds is 2. The summed E-state index contributed by atoms with van der Waals surface area (Å²) in [5.74, 6) is -2.09. The Morgan fingerprint density at radius 2 is 1.68 bits per heavy atom. The lowest BCUT2D eigenvalue weighted by atomic mass is 9.88. The van der Waals surface area contributed by atoms with Crippen LogP contribution < -0.4 is 0 Å². The van der Waals surface area contributed by atoms with Gasteiger partial charge in [-0.15, -0.1) is 0 Å². The van der Waals surface area contributed by atoms with E-state index in [1.807, 2.05) is 0 Å². The molecular weight excluding hydrogens is 268 g/mol. The first-order valence-corrected chi connectivity index (χ1v) is 5.81. The van der Waals surface area contributed by atoms with E-state index in [1.54, 1.807) is 12.1 Å². The number of fused-ring (bicyclic) bond motifs is 1. The fourth-order valence-electron chi connectivity index (χ4n) is 1.77. The number of halogens is 1. The van der Waals surface area contributed by atoms with Gasteiger partial charge < -0.3 is 5.11 Å². The number of ketones is 2. The minimum Gasteiger partial charge on any atom is -0.478 e. The quantitative estimate of drug-likeness (QED) is 0.843. The third kappa shape index (κ3) is 2.22. The molecule has 0 heterocycles. The van der Waals surface area contributed by atoms with Crippen LogP contribution in [0, 0.1) is 0 Å². The summed E-state index contributed by atoms with van der Waals surface area (Å²) in [5.41, 5.74) is 0.336. The third-order valence-corrected chi connectivity index (χ3v) is 3.17. The van der Waals surface area contributed by atoms with Gasteiger partial charge in [0.1, 0.15) is 0 Å². The van der Waals surface area contributed by atoms with Crippen molar-refractivity contribution in [1.82, 2.24) is 0 Å². The normalized spacial score (nSPS) is 15.6. The number of hydrogen-bond donors (Lipinski definition) is 1. The maximum absolute atomic E-state index is 12.2. The van der Waals surface area contributed by atoms with Gasteiger partial charge in [-0.3, -0.25) is 9.59 Å². The van der Waals surface area contributed by atoms with E-state index < -0.39 is 17.5 Å². The first-order valence-electron chi connectivity index (χ1n) is 5.43. The molecule has 0 bridgehead atoms. The Balaban J connectivity index is 2.61. The van der Waals surface area contributed by atoms with Crippen molar-refractivity contribution in [3.05, 3.63) is 57.6 Å². The molecule has 19 heavy (non-hydrogen) atoms. The van der Waals surface area contributed by atoms with Crippen LogP contribution in [0.4, 0.5) is 0 Å². The van der Waals surface area contributed by atoms with E-state index in [0.717, 1.165) is 6.08 Å². The lowest BCUT2D eigenvalue weighted by Crippen LogP contribution is -2.19. The Morgan fingerprint density at radius 3 is 2.21 bits per heavy atom. The number of Topliss-reactive ketones (excluding diaryl/α,β-unsaturated/α-hetero) is 2. The molecule has 0 atom stereocenters. The van der Waals surface area contributed by atoms with E-state index in [0.29, 0.717) is 0 Å². The van der Waals surface area contributed by atoms with Crippen LogP contribution >= 0.6 is 11.6 Å². The second kappa shape index (κ2) is 4.82. The number of aliphatic carboxylic acids is 1. The minimum absolute atomic E-state index is 0.0614. The zero-order chi connectivity index (χ0) is 14.2.